The number of rotatable bonds is 8. The van der Waals surface area contributed by atoms with Crippen molar-refractivity contribution in [2.24, 2.45) is 0 Å². The molecule has 6 heteroatoms. The summed E-state index contributed by atoms with van der Waals surface area (Å²) < 4.78 is 18.5. The van der Waals surface area contributed by atoms with Gasteiger partial charge in [0.1, 0.15) is 18.1 Å². The molecule has 0 amide bonds. The predicted octanol–water partition coefficient (Wildman–Crippen LogP) is 5.44. The molecule has 4 aromatic rings. The second-order valence-electron chi connectivity index (χ2n) is 7.06. The largest absolute Gasteiger partial charge is 0.497 e. The number of aromatic carboxylic acids is 1. The highest BCUT2D eigenvalue weighted by Gasteiger charge is 2.25. The highest BCUT2D eigenvalue weighted by Crippen LogP contribution is 2.38. The van der Waals surface area contributed by atoms with Crippen LogP contribution in [-0.4, -0.2) is 29.9 Å². The summed E-state index contributed by atoms with van der Waals surface area (Å²) in [6.45, 7) is 0.249. The molecule has 32 heavy (non-hydrogen) atoms. The first-order valence-corrected chi connectivity index (χ1v) is 10.1. The van der Waals surface area contributed by atoms with Crippen LogP contribution in [0, 0.1) is 0 Å². The Morgan fingerprint density at radius 3 is 2.19 bits per heavy atom. The minimum Gasteiger partial charge on any atom is -0.497 e. The third-order valence-corrected chi connectivity index (χ3v) is 5.12. The minimum atomic E-state index is -1.09. The molecule has 162 valence electrons. The Kier molecular flexibility index (Phi) is 6.12. The van der Waals surface area contributed by atoms with Crippen molar-refractivity contribution >= 4 is 5.97 Å². The van der Waals surface area contributed by atoms with Crippen LogP contribution in [0.3, 0.4) is 0 Å². The third kappa shape index (κ3) is 4.16. The number of hydrogen-bond donors (Lipinski definition) is 1. The number of ether oxygens (including phenoxy) is 3. The fraction of sp³-hybridized carbons (Fsp3) is 0.115. The average Bonchev–Trinajstić information content (AvgIpc) is 3.23. The first-order valence-electron chi connectivity index (χ1n) is 10.1. The number of nitrogens with zero attached hydrogens (tertiary/aromatic N) is 1. The first kappa shape index (κ1) is 21.1. The van der Waals surface area contributed by atoms with Crippen LogP contribution in [0.1, 0.15) is 16.1 Å². The zero-order valence-electron chi connectivity index (χ0n) is 17.8. The molecule has 3 aromatic carbocycles. The van der Waals surface area contributed by atoms with E-state index in [2.05, 4.69) is 0 Å². The van der Waals surface area contributed by atoms with Crippen LogP contribution in [0.4, 0.5) is 0 Å². The van der Waals surface area contributed by atoms with Gasteiger partial charge in [-0.15, -0.1) is 0 Å². The fourth-order valence-corrected chi connectivity index (χ4v) is 3.59. The summed E-state index contributed by atoms with van der Waals surface area (Å²) in [7, 11) is 3.17. The molecular formula is C26H23NO5. The van der Waals surface area contributed by atoms with Crippen molar-refractivity contribution in [2.75, 3.05) is 14.2 Å². The van der Waals surface area contributed by atoms with Crippen molar-refractivity contribution in [2.45, 2.75) is 6.61 Å². The molecule has 4 rings (SSSR count). The summed E-state index contributed by atoms with van der Waals surface area (Å²) in [5.41, 5.74) is 3.04. The molecular weight excluding hydrogens is 406 g/mol. The summed E-state index contributed by atoms with van der Waals surface area (Å²) in [6.07, 6.45) is 0. The lowest BCUT2D eigenvalue weighted by Crippen LogP contribution is -2.10. The zero-order chi connectivity index (χ0) is 22.5. The molecule has 6 nitrogen and oxygen atoms in total. The molecule has 1 heterocycles. The maximum atomic E-state index is 12.4. The first-order chi connectivity index (χ1) is 15.6. The van der Waals surface area contributed by atoms with E-state index in [1.54, 1.807) is 37.0 Å². The number of benzene rings is 3. The fourth-order valence-electron chi connectivity index (χ4n) is 3.59. The highest BCUT2D eigenvalue weighted by atomic mass is 16.5. The van der Waals surface area contributed by atoms with Gasteiger partial charge >= 0.3 is 5.97 Å². The molecule has 0 aliphatic carbocycles. The second-order valence-corrected chi connectivity index (χ2v) is 7.06. The van der Waals surface area contributed by atoms with Gasteiger partial charge in [0.2, 0.25) is 0 Å². The lowest BCUT2D eigenvalue weighted by molar-refractivity contribution is 0.0683. The molecule has 0 atom stereocenters. The highest BCUT2D eigenvalue weighted by molar-refractivity contribution is 5.93. The third-order valence-electron chi connectivity index (χ3n) is 5.12. The van der Waals surface area contributed by atoms with Crippen molar-refractivity contribution in [3.63, 3.8) is 0 Å². The molecule has 0 saturated carbocycles. The summed E-state index contributed by atoms with van der Waals surface area (Å²) in [4.78, 5) is 12.4. The van der Waals surface area contributed by atoms with Crippen LogP contribution >= 0.6 is 0 Å². The standard InChI is InChI=1S/C26H23NO5/c1-30-20-14-12-19(13-15-20)27-22(21-10-6-7-11-23(21)31-2)16-24(25(27)26(28)29)32-17-18-8-4-3-5-9-18/h3-16H,17H2,1-2H3,(H,28,29). The van der Waals surface area contributed by atoms with E-state index in [0.29, 0.717) is 22.9 Å². The van der Waals surface area contributed by atoms with Gasteiger partial charge in [-0.2, -0.15) is 0 Å². The van der Waals surface area contributed by atoms with Crippen LogP contribution < -0.4 is 14.2 Å². The van der Waals surface area contributed by atoms with E-state index >= 15 is 0 Å². The lowest BCUT2D eigenvalue weighted by atomic mass is 10.1. The van der Waals surface area contributed by atoms with Gasteiger partial charge in [0.25, 0.3) is 0 Å². The average molecular weight is 429 g/mol. The van der Waals surface area contributed by atoms with Crippen LogP contribution in [0.15, 0.2) is 84.9 Å². The molecule has 0 spiro atoms. The van der Waals surface area contributed by atoms with Crippen LogP contribution in [0.5, 0.6) is 17.2 Å². The normalized spacial score (nSPS) is 10.6. The SMILES string of the molecule is COc1ccc(-n2c(-c3ccccc3OC)cc(OCc3ccccc3)c2C(=O)O)cc1. The summed E-state index contributed by atoms with van der Waals surface area (Å²) in [5, 5.41) is 10.1. The van der Waals surface area contributed by atoms with Gasteiger partial charge in [0, 0.05) is 17.3 Å². The van der Waals surface area contributed by atoms with Crippen LogP contribution in [0.25, 0.3) is 16.9 Å². The number of carboxylic acid groups (broad SMARTS) is 1. The molecule has 1 aromatic heterocycles. The van der Waals surface area contributed by atoms with Crippen LogP contribution in [-0.2, 0) is 6.61 Å². The van der Waals surface area contributed by atoms with Crippen molar-refractivity contribution in [1.82, 2.24) is 4.57 Å². The monoisotopic (exact) mass is 429 g/mol. The van der Waals surface area contributed by atoms with E-state index in [-0.39, 0.29) is 18.1 Å². The number of para-hydroxylation sites is 1. The summed E-state index contributed by atoms with van der Waals surface area (Å²) in [6, 6.07) is 26.0. The van der Waals surface area contributed by atoms with Gasteiger partial charge in [-0.25, -0.2) is 4.79 Å². The maximum absolute atomic E-state index is 12.4. The van der Waals surface area contributed by atoms with Gasteiger partial charge in [-0.3, -0.25) is 0 Å². The predicted molar refractivity (Wildman–Crippen MR) is 122 cm³/mol. The molecule has 0 aliphatic heterocycles. The number of carboxylic acids is 1. The number of methoxy groups -OCH3 is 2. The second kappa shape index (κ2) is 9.31. The van der Waals surface area contributed by atoms with Gasteiger partial charge < -0.3 is 23.9 Å². The molecule has 0 unspecified atom stereocenters. The van der Waals surface area contributed by atoms with Crippen molar-refractivity contribution in [3.8, 4) is 34.2 Å². The molecule has 1 N–H and O–H groups in total. The molecule has 0 bridgehead atoms. The summed E-state index contributed by atoms with van der Waals surface area (Å²) >= 11 is 0. The Labute approximate surface area is 186 Å². The number of aromatic nitrogens is 1. The molecule has 0 fully saturated rings. The van der Waals surface area contributed by atoms with Crippen LogP contribution in [0.2, 0.25) is 0 Å². The Bertz CT molecular complexity index is 1210. The van der Waals surface area contributed by atoms with Crippen molar-refractivity contribution in [3.05, 3.63) is 96.2 Å². The Balaban J connectivity index is 1.89. The Hall–Kier alpha value is -4.19. The van der Waals surface area contributed by atoms with E-state index in [1.807, 2.05) is 66.7 Å². The molecule has 0 aliphatic rings. The Morgan fingerprint density at radius 1 is 0.844 bits per heavy atom. The van der Waals surface area contributed by atoms with E-state index in [0.717, 1.165) is 11.1 Å². The summed E-state index contributed by atoms with van der Waals surface area (Å²) in [5.74, 6) is 0.492. The molecule has 0 saturated heterocycles. The van der Waals surface area contributed by atoms with E-state index < -0.39 is 5.97 Å². The topological polar surface area (TPSA) is 69.9 Å². The smallest absolute Gasteiger partial charge is 0.356 e. The van der Waals surface area contributed by atoms with Crippen molar-refractivity contribution in [1.29, 1.82) is 0 Å². The zero-order valence-corrected chi connectivity index (χ0v) is 17.8. The number of hydrogen-bond acceptors (Lipinski definition) is 4. The van der Waals surface area contributed by atoms with E-state index in [9.17, 15) is 9.90 Å². The van der Waals surface area contributed by atoms with Gasteiger partial charge in [-0.05, 0) is 42.0 Å². The van der Waals surface area contributed by atoms with Crippen molar-refractivity contribution < 1.29 is 24.1 Å². The van der Waals surface area contributed by atoms with E-state index in [1.165, 1.54) is 0 Å². The van der Waals surface area contributed by atoms with E-state index in [4.69, 9.17) is 14.2 Å². The molecule has 0 radical (unpaired) electrons. The lowest BCUT2D eigenvalue weighted by Gasteiger charge is -2.14. The van der Waals surface area contributed by atoms with Gasteiger partial charge in [-0.1, -0.05) is 42.5 Å². The number of carbonyl (C=O) groups is 1. The minimum absolute atomic E-state index is 0.0343. The Morgan fingerprint density at radius 2 is 1.53 bits per heavy atom. The quantitative estimate of drug-likeness (QED) is 0.404. The van der Waals surface area contributed by atoms with Gasteiger partial charge in [0.15, 0.2) is 11.4 Å². The maximum Gasteiger partial charge on any atom is 0.356 e. The van der Waals surface area contributed by atoms with Gasteiger partial charge in [0.05, 0.1) is 19.9 Å².